The van der Waals surface area contributed by atoms with Gasteiger partial charge in [0, 0.05) is 25.0 Å². The lowest BCUT2D eigenvalue weighted by Gasteiger charge is -2.12. The molecule has 0 spiro atoms. The summed E-state index contributed by atoms with van der Waals surface area (Å²) in [5.74, 6) is -0.345. The van der Waals surface area contributed by atoms with Gasteiger partial charge in [0.1, 0.15) is 6.04 Å². The van der Waals surface area contributed by atoms with Crippen LogP contribution in [0.5, 0.6) is 0 Å². The second kappa shape index (κ2) is 8.13. The molecule has 1 unspecified atom stereocenters. The number of urea groups is 1. The summed E-state index contributed by atoms with van der Waals surface area (Å²) in [6.07, 6.45) is 0. The van der Waals surface area contributed by atoms with E-state index in [0.29, 0.717) is 17.9 Å². The number of carbonyl (C=O) groups excluding carboxylic acids is 2. The first-order valence-electron chi connectivity index (χ1n) is 6.27. The van der Waals surface area contributed by atoms with Gasteiger partial charge in [-0.3, -0.25) is 4.79 Å². The van der Waals surface area contributed by atoms with Crippen molar-refractivity contribution in [2.24, 2.45) is 5.73 Å². The summed E-state index contributed by atoms with van der Waals surface area (Å²) in [5.41, 5.74) is 6.75. The summed E-state index contributed by atoms with van der Waals surface area (Å²) in [6, 6.07) is 5.76. The summed E-state index contributed by atoms with van der Waals surface area (Å²) < 4.78 is 4.81. The minimum Gasteiger partial charge on any atom is -0.383 e. The van der Waals surface area contributed by atoms with Gasteiger partial charge in [-0.1, -0.05) is 6.07 Å². The third kappa shape index (κ3) is 5.25. The highest BCUT2D eigenvalue weighted by Gasteiger charge is 2.13. The topological polar surface area (TPSA) is 105 Å². The van der Waals surface area contributed by atoms with Crippen LogP contribution in [0.25, 0.3) is 0 Å². The molecule has 7 nitrogen and oxygen atoms in total. The molecule has 1 atom stereocenters. The molecule has 0 saturated carbocycles. The Hall–Kier alpha value is -2.12. The maximum Gasteiger partial charge on any atom is 0.319 e. The van der Waals surface area contributed by atoms with Crippen LogP contribution >= 0.6 is 0 Å². The molecule has 1 aromatic rings. The lowest BCUT2D eigenvalue weighted by molar-refractivity contribution is -0.118. The zero-order valence-corrected chi connectivity index (χ0v) is 11.6. The highest BCUT2D eigenvalue weighted by Crippen LogP contribution is 2.15. The minimum atomic E-state index is -0.736. The van der Waals surface area contributed by atoms with E-state index in [2.05, 4.69) is 16.0 Å². The number of nitrogens with two attached hydrogens (primary N) is 1. The lowest BCUT2D eigenvalue weighted by Crippen LogP contribution is -2.39. The van der Waals surface area contributed by atoms with Crippen molar-refractivity contribution in [3.63, 3.8) is 0 Å². The Kier molecular flexibility index (Phi) is 6.48. The third-order valence-corrected chi connectivity index (χ3v) is 2.41. The quantitative estimate of drug-likeness (QED) is 0.616. The standard InChI is InChI=1S/C13H20N4O3/c1-3-15-13(19)17-10-6-4-5-9(7-10)16-12(18)11(14)8-20-2/h4-7,11H,3,8,14H2,1-2H3,(H,16,18)(H2,15,17,19). The van der Waals surface area contributed by atoms with Gasteiger partial charge in [0.25, 0.3) is 0 Å². The van der Waals surface area contributed by atoms with Gasteiger partial charge in [-0.15, -0.1) is 0 Å². The molecule has 110 valence electrons. The average Bonchev–Trinajstić information content (AvgIpc) is 2.39. The summed E-state index contributed by atoms with van der Waals surface area (Å²) in [6.45, 7) is 2.50. The smallest absolute Gasteiger partial charge is 0.319 e. The Bertz CT molecular complexity index is 465. The van der Waals surface area contributed by atoms with Gasteiger partial charge in [0.2, 0.25) is 5.91 Å². The van der Waals surface area contributed by atoms with Crippen LogP contribution in [0, 0.1) is 0 Å². The number of nitrogens with one attached hydrogen (secondary N) is 3. The predicted octanol–water partition coefficient (Wildman–Crippen LogP) is 0.740. The van der Waals surface area contributed by atoms with Crippen molar-refractivity contribution in [1.29, 1.82) is 0 Å². The first kappa shape index (κ1) is 15.9. The molecule has 0 aliphatic heterocycles. The van der Waals surface area contributed by atoms with Crippen LogP contribution in [-0.4, -0.2) is 38.2 Å². The second-order valence-corrected chi connectivity index (χ2v) is 4.12. The number of amides is 3. The summed E-state index contributed by atoms with van der Waals surface area (Å²) >= 11 is 0. The van der Waals surface area contributed by atoms with Crippen LogP contribution in [0.2, 0.25) is 0 Å². The predicted molar refractivity (Wildman–Crippen MR) is 77.6 cm³/mol. The largest absolute Gasteiger partial charge is 0.383 e. The molecule has 0 aliphatic rings. The Morgan fingerprint density at radius 2 is 1.95 bits per heavy atom. The highest BCUT2D eigenvalue weighted by molar-refractivity contribution is 5.96. The molecule has 1 rings (SSSR count). The maximum atomic E-state index is 11.7. The Morgan fingerprint density at radius 1 is 1.30 bits per heavy atom. The van der Waals surface area contributed by atoms with Gasteiger partial charge < -0.3 is 26.4 Å². The molecule has 0 bridgehead atoms. The average molecular weight is 280 g/mol. The van der Waals surface area contributed by atoms with Gasteiger partial charge in [0.15, 0.2) is 0 Å². The van der Waals surface area contributed by atoms with Crippen molar-refractivity contribution < 1.29 is 14.3 Å². The molecular formula is C13H20N4O3. The number of methoxy groups -OCH3 is 1. The van der Waals surface area contributed by atoms with Crippen LogP contribution in [0.4, 0.5) is 16.2 Å². The fourth-order valence-electron chi connectivity index (χ4n) is 1.50. The van der Waals surface area contributed by atoms with E-state index in [4.69, 9.17) is 10.5 Å². The lowest BCUT2D eigenvalue weighted by atomic mass is 10.2. The number of benzene rings is 1. The summed E-state index contributed by atoms with van der Waals surface area (Å²) in [4.78, 5) is 23.1. The molecule has 0 aliphatic carbocycles. The Morgan fingerprint density at radius 3 is 2.55 bits per heavy atom. The van der Waals surface area contributed by atoms with Crippen molar-refractivity contribution in [3.8, 4) is 0 Å². The number of anilines is 2. The summed E-state index contributed by atoms with van der Waals surface area (Å²) in [7, 11) is 1.48. The van der Waals surface area contributed by atoms with Crippen LogP contribution < -0.4 is 21.7 Å². The number of hydrogen-bond donors (Lipinski definition) is 4. The monoisotopic (exact) mass is 280 g/mol. The van der Waals surface area contributed by atoms with E-state index in [0.717, 1.165) is 0 Å². The van der Waals surface area contributed by atoms with Gasteiger partial charge in [-0.25, -0.2) is 4.79 Å². The molecule has 0 radical (unpaired) electrons. The van der Waals surface area contributed by atoms with E-state index >= 15 is 0 Å². The highest BCUT2D eigenvalue weighted by atomic mass is 16.5. The zero-order chi connectivity index (χ0) is 15.0. The van der Waals surface area contributed by atoms with E-state index in [9.17, 15) is 9.59 Å². The van der Waals surface area contributed by atoms with Crippen molar-refractivity contribution in [1.82, 2.24) is 5.32 Å². The van der Waals surface area contributed by atoms with E-state index in [1.807, 2.05) is 6.92 Å². The Labute approximate surface area is 117 Å². The molecule has 0 aromatic heterocycles. The second-order valence-electron chi connectivity index (χ2n) is 4.12. The van der Waals surface area contributed by atoms with Gasteiger partial charge >= 0.3 is 6.03 Å². The molecule has 5 N–H and O–H groups in total. The molecule has 1 aromatic carbocycles. The number of rotatable bonds is 6. The van der Waals surface area contributed by atoms with Crippen molar-refractivity contribution in [3.05, 3.63) is 24.3 Å². The van der Waals surface area contributed by atoms with Gasteiger partial charge in [0.05, 0.1) is 6.61 Å². The molecule has 7 heteroatoms. The normalized spacial score (nSPS) is 11.6. The van der Waals surface area contributed by atoms with E-state index in [1.165, 1.54) is 7.11 Å². The molecule has 3 amide bonds. The fraction of sp³-hybridized carbons (Fsp3) is 0.385. The maximum absolute atomic E-state index is 11.7. The van der Waals surface area contributed by atoms with E-state index < -0.39 is 6.04 Å². The van der Waals surface area contributed by atoms with Gasteiger partial charge in [-0.05, 0) is 25.1 Å². The van der Waals surface area contributed by atoms with E-state index in [1.54, 1.807) is 24.3 Å². The van der Waals surface area contributed by atoms with Crippen LogP contribution in [0.15, 0.2) is 24.3 Å². The third-order valence-electron chi connectivity index (χ3n) is 2.41. The SMILES string of the molecule is CCNC(=O)Nc1cccc(NC(=O)C(N)COC)c1. The fourth-order valence-corrected chi connectivity index (χ4v) is 1.50. The van der Waals surface area contributed by atoms with Crippen molar-refractivity contribution >= 4 is 23.3 Å². The first-order valence-corrected chi connectivity index (χ1v) is 6.27. The zero-order valence-electron chi connectivity index (χ0n) is 11.6. The van der Waals surface area contributed by atoms with Gasteiger partial charge in [-0.2, -0.15) is 0 Å². The van der Waals surface area contributed by atoms with Crippen LogP contribution in [0.3, 0.4) is 0 Å². The van der Waals surface area contributed by atoms with Crippen molar-refractivity contribution in [2.45, 2.75) is 13.0 Å². The Balaban J connectivity index is 2.63. The molecule has 0 fully saturated rings. The number of ether oxygens (including phenoxy) is 1. The minimum absolute atomic E-state index is 0.142. The first-order chi connectivity index (χ1) is 9.56. The van der Waals surface area contributed by atoms with Crippen LogP contribution in [0.1, 0.15) is 6.92 Å². The molecule has 20 heavy (non-hydrogen) atoms. The van der Waals surface area contributed by atoms with E-state index in [-0.39, 0.29) is 18.5 Å². The van der Waals surface area contributed by atoms with Crippen LogP contribution in [-0.2, 0) is 9.53 Å². The molecule has 0 saturated heterocycles. The molecular weight excluding hydrogens is 260 g/mol. The number of hydrogen-bond acceptors (Lipinski definition) is 4. The summed E-state index contributed by atoms with van der Waals surface area (Å²) in [5, 5.41) is 7.93. The van der Waals surface area contributed by atoms with Crippen molar-refractivity contribution in [2.75, 3.05) is 30.9 Å². The number of carbonyl (C=O) groups is 2. The molecule has 0 heterocycles.